The Morgan fingerprint density at radius 2 is 2.09 bits per heavy atom. The Kier molecular flexibility index (Phi) is 7.55. The molecule has 0 saturated carbocycles. The van der Waals surface area contributed by atoms with Gasteiger partial charge in [-0.25, -0.2) is 0 Å². The van der Waals surface area contributed by atoms with Gasteiger partial charge < -0.3 is 15.0 Å². The van der Waals surface area contributed by atoms with Gasteiger partial charge in [0.2, 0.25) is 5.91 Å². The van der Waals surface area contributed by atoms with E-state index in [9.17, 15) is 13.6 Å². The number of likely N-dealkylation sites (N-methyl/N-ethyl adjacent to an activating group) is 1. The molecule has 1 aliphatic heterocycles. The molecule has 1 atom stereocenters. The first-order chi connectivity index (χ1) is 10.1. The van der Waals surface area contributed by atoms with Crippen molar-refractivity contribution < 1.29 is 18.3 Å². The average molecular weight is 335 g/mol. The smallest absolute Gasteiger partial charge is 0.387 e. The molecule has 1 N–H and O–H groups in total. The number of ether oxygens (including phenoxy) is 1. The number of aryl methyl sites for hydroxylation is 1. The minimum atomic E-state index is -2.81. The van der Waals surface area contributed by atoms with Crippen LogP contribution in [0, 0.1) is 0 Å². The first-order valence-corrected chi connectivity index (χ1v) is 7.06. The highest BCUT2D eigenvalue weighted by atomic mass is 35.5. The van der Waals surface area contributed by atoms with E-state index in [0.29, 0.717) is 12.8 Å². The molecule has 1 amide bonds. The van der Waals surface area contributed by atoms with Gasteiger partial charge in [0.15, 0.2) is 0 Å². The molecule has 1 fully saturated rings. The SMILES string of the molecule is CN(C(=O)CCc1ccc(OC(F)F)cc1)C1CCNC1.Cl. The third kappa shape index (κ3) is 5.42. The fourth-order valence-electron chi connectivity index (χ4n) is 2.44. The maximum Gasteiger partial charge on any atom is 0.387 e. The van der Waals surface area contributed by atoms with Crippen LogP contribution in [0.5, 0.6) is 5.75 Å². The fraction of sp³-hybridized carbons (Fsp3) is 0.533. The van der Waals surface area contributed by atoms with E-state index in [2.05, 4.69) is 10.1 Å². The van der Waals surface area contributed by atoms with Gasteiger partial charge in [-0.1, -0.05) is 12.1 Å². The molecule has 0 spiro atoms. The fourth-order valence-corrected chi connectivity index (χ4v) is 2.44. The average Bonchev–Trinajstić information content (AvgIpc) is 2.99. The molecule has 124 valence electrons. The summed E-state index contributed by atoms with van der Waals surface area (Å²) in [5.74, 6) is 0.242. The monoisotopic (exact) mass is 334 g/mol. The number of nitrogens with one attached hydrogen (secondary N) is 1. The van der Waals surface area contributed by atoms with Gasteiger partial charge in [-0.05, 0) is 37.1 Å². The molecule has 0 aliphatic carbocycles. The van der Waals surface area contributed by atoms with Crippen LogP contribution in [0.15, 0.2) is 24.3 Å². The van der Waals surface area contributed by atoms with E-state index >= 15 is 0 Å². The van der Waals surface area contributed by atoms with Crippen molar-refractivity contribution in [2.24, 2.45) is 0 Å². The topological polar surface area (TPSA) is 41.6 Å². The van der Waals surface area contributed by atoms with Gasteiger partial charge in [-0.2, -0.15) is 8.78 Å². The maximum absolute atomic E-state index is 12.1. The summed E-state index contributed by atoms with van der Waals surface area (Å²) in [6.45, 7) is -1.01. The van der Waals surface area contributed by atoms with Crippen LogP contribution in [-0.2, 0) is 11.2 Å². The molecule has 1 saturated heterocycles. The number of halogens is 3. The summed E-state index contributed by atoms with van der Waals surface area (Å²) in [4.78, 5) is 13.9. The van der Waals surface area contributed by atoms with Gasteiger partial charge in [-0.15, -0.1) is 12.4 Å². The van der Waals surface area contributed by atoms with Gasteiger partial charge in [0.1, 0.15) is 5.75 Å². The summed E-state index contributed by atoms with van der Waals surface area (Å²) in [6, 6.07) is 6.69. The molecular formula is C15H21ClF2N2O2. The van der Waals surface area contributed by atoms with Crippen LogP contribution in [-0.4, -0.2) is 43.6 Å². The molecule has 1 aliphatic rings. The van der Waals surface area contributed by atoms with Crippen molar-refractivity contribution in [2.45, 2.75) is 31.9 Å². The van der Waals surface area contributed by atoms with Gasteiger partial charge in [0.25, 0.3) is 0 Å². The largest absolute Gasteiger partial charge is 0.435 e. The van der Waals surface area contributed by atoms with Crippen LogP contribution in [0.3, 0.4) is 0 Å². The summed E-state index contributed by atoms with van der Waals surface area (Å²) in [7, 11) is 1.83. The Balaban J connectivity index is 0.00000242. The van der Waals surface area contributed by atoms with E-state index in [0.717, 1.165) is 25.1 Å². The Hall–Kier alpha value is -1.40. The molecule has 0 radical (unpaired) electrons. The Morgan fingerprint density at radius 3 is 2.64 bits per heavy atom. The molecule has 22 heavy (non-hydrogen) atoms. The summed E-state index contributed by atoms with van der Waals surface area (Å²) in [5, 5.41) is 3.23. The number of hydrogen-bond acceptors (Lipinski definition) is 3. The molecule has 0 bridgehead atoms. The molecule has 1 unspecified atom stereocenters. The van der Waals surface area contributed by atoms with Crippen LogP contribution in [0.2, 0.25) is 0 Å². The minimum Gasteiger partial charge on any atom is -0.435 e. The van der Waals surface area contributed by atoms with Gasteiger partial charge in [0, 0.05) is 26.1 Å². The second-order valence-electron chi connectivity index (χ2n) is 5.17. The number of benzene rings is 1. The lowest BCUT2D eigenvalue weighted by Gasteiger charge is -2.23. The van der Waals surface area contributed by atoms with Crippen LogP contribution in [0.4, 0.5) is 8.78 Å². The molecular weight excluding hydrogens is 314 g/mol. The molecule has 2 rings (SSSR count). The van der Waals surface area contributed by atoms with Gasteiger partial charge in [-0.3, -0.25) is 4.79 Å². The maximum atomic E-state index is 12.1. The first-order valence-electron chi connectivity index (χ1n) is 7.06. The number of carbonyl (C=O) groups excluding carboxylic acids is 1. The molecule has 0 aromatic heterocycles. The molecule has 1 heterocycles. The lowest BCUT2D eigenvalue weighted by atomic mass is 10.1. The van der Waals surface area contributed by atoms with E-state index in [-0.39, 0.29) is 30.1 Å². The van der Waals surface area contributed by atoms with Crippen molar-refractivity contribution in [3.63, 3.8) is 0 Å². The van der Waals surface area contributed by atoms with E-state index in [1.165, 1.54) is 12.1 Å². The van der Waals surface area contributed by atoms with Crippen molar-refractivity contribution in [1.29, 1.82) is 0 Å². The van der Waals surface area contributed by atoms with Crippen LogP contribution in [0.1, 0.15) is 18.4 Å². The standard InChI is InChI=1S/C15H20F2N2O2.ClH/c1-19(12-8-9-18-10-12)14(20)7-4-11-2-5-13(6-3-11)21-15(16)17;/h2-3,5-6,12,15,18H,4,7-10H2,1H3;1H. The number of amides is 1. The second-order valence-corrected chi connectivity index (χ2v) is 5.17. The van der Waals surface area contributed by atoms with Crippen molar-refractivity contribution in [3.05, 3.63) is 29.8 Å². The number of hydrogen-bond donors (Lipinski definition) is 1. The normalized spacial score (nSPS) is 17.2. The molecule has 1 aromatic rings. The predicted octanol–water partition coefficient (Wildman–Crippen LogP) is 2.46. The highest BCUT2D eigenvalue weighted by Gasteiger charge is 2.22. The van der Waals surface area contributed by atoms with Gasteiger partial charge >= 0.3 is 6.61 Å². The Bertz CT molecular complexity index is 465. The molecule has 1 aromatic carbocycles. The Morgan fingerprint density at radius 1 is 1.41 bits per heavy atom. The van der Waals surface area contributed by atoms with Gasteiger partial charge in [0.05, 0.1) is 0 Å². The zero-order valence-electron chi connectivity index (χ0n) is 12.4. The lowest BCUT2D eigenvalue weighted by Crippen LogP contribution is -2.38. The van der Waals surface area contributed by atoms with Crippen molar-refractivity contribution in [1.82, 2.24) is 10.2 Å². The Labute approximate surface area is 135 Å². The number of carbonyl (C=O) groups is 1. The molecule has 7 heteroatoms. The van der Waals surface area contributed by atoms with E-state index in [4.69, 9.17) is 0 Å². The van der Waals surface area contributed by atoms with Crippen molar-refractivity contribution >= 4 is 18.3 Å². The van der Waals surface area contributed by atoms with E-state index in [1.807, 2.05) is 7.05 Å². The molecule has 4 nitrogen and oxygen atoms in total. The lowest BCUT2D eigenvalue weighted by molar-refractivity contribution is -0.131. The predicted molar refractivity (Wildman–Crippen MR) is 82.7 cm³/mol. The zero-order chi connectivity index (χ0) is 15.2. The summed E-state index contributed by atoms with van der Waals surface area (Å²) in [6.07, 6.45) is 2.00. The van der Waals surface area contributed by atoms with Crippen LogP contribution < -0.4 is 10.1 Å². The van der Waals surface area contributed by atoms with E-state index < -0.39 is 6.61 Å². The van der Waals surface area contributed by atoms with Crippen molar-refractivity contribution in [3.8, 4) is 5.75 Å². The number of rotatable bonds is 6. The van der Waals surface area contributed by atoms with Crippen LogP contribution >= 0.6 is 12.4 Å². The highest BCUT2D eigenvalue weighted by Crippen LogP contribution is 2.16. The number of alkyl halides is 2. The highest BCUT2D eigenvalue weighted by molar-refractivity contribution is 5.85. The van der Waals surface area contributed by atoms with E-state index in [1.54, 1.807) is 17.0 Å². The minimum absolute atomic E-state index is 0. The third-order valence-electron chi connectivity index (χ3n) is 3.75. The number of nitrogens with zero attached hydrogens (tertiary/aromatic N) is 1. The second kappa shape index (κ2) is 8.90. The summed E-state index contributed by atoms with van der Waals surface area (Å²) in [5.41, 5.74) is 0.933. The summed E-state index contributed by atoms with van der Waals surface area (Å²) < 4.78 is 28.4. The van der Waals surface area contributed by atoms with Crippen LogP contribution in [0.25, 0.3) is 0 Å². The third-order valence-corrected chi connectivity index (χ3v) is 3.75. The quantitative estimate of drug-likeness (QED) is 0.869. The first kappa shape index (κ1) is 18.6. The summed E-state index contributed by atoms with van der Waals surface area (Å²) >= 11 is 0. The zero-order valence-corrected chi connectivity index (χ0v) is 13.2. The van der Waals surface area contributed by atoms with Crippen molar-refractivity contribution in [2.75, 3.05) is 20.1 Å².